The molecule has 0 aliphatic rings. The van der Waals surface area contributed by atoms with Crippen molar-refractivity contribution in [3.8, 4) is 5.75 Å². The van der Waals surface area contributed by atoms with Crippen LogP contribution < -0.4 is 10.5 Å². The first-order valence-electron chi connectivity index (χ1n) is 6.02. The summed E-state index contributed by atoms with van der Waals surface area (Å²) in [6, 6.07) is 11.1. The van der Waals surface area contributed by atoms with Crippen LogP contribution in [0, 0.1) is 0 Å². The van der Waals surface area contributed by atoms with Crippen molar-refractivity contribution >= 4 is 11.0 Å². The number of hydrogen-bond donors (Lipinski definition) is 1. The molecule has 1 atom stereocenters. The van der Waals surface area contributed by atoms with E-state index in [2.05, 4.69) is 4.98 Å². The normalized spacial score (nSPS) is 12.5. The number of furan rings is 1. The maximum absolute atomic E-state index is 6.30. The van der Waals surface area contributed by atoms with Crippen molar-refractivity contribution in [3.63, 3.8) is 0 Å². The number of ether oxygens (including phenoxy) is 1. The first-order valence-corrected chi connectivity index (χ1v) is 6.02. The molecule has 1 unspecified atom stereocenters. The molecule has 0 bridgehead atoms. The fraction of sp³-hybridized carbons (Fsp3) is 0.133. The number of benzene rings is 1. The van der Waals surface area contributed by atoms with Gasteiger partial charge in [0.05, 0.1) is 19.4 Å². The number of aromatic nitrogens is 1. The largest absolute Gasteiger partial charge is 0.495 e. The van der Waals surface area contributed by atoms with Crippen LogP contribution in [-0.2, 0) is 0 Å². The molecule has 19 heavy (non-hydrogen) atoms. The summed E-state index contributed by atoms with van der Waals surface area (Å²) in [5, 5.41) is 1.00. The molecule has 0 aliphatic heterocycles. The SMILES string of the molecule is COc1cccnc1C(N)c1coc2ccccc12. The second kappa shape index (κ2) is 4.74. The first-order chi connectivity index (χ1) is 9.31. The van der Waals surface area contributed by atoms with Gasteiger partial charge in [-0.15, -0.1) is 0 Å². The van der Waals surface area contributed by atoms with Crippen molar-refractivity contribution in [1.82, 2.24) is 4.98 Å². The van der Waals surface area contributed by atoms with E-state index < -0.39 is 0 Å². The average molecular weight is 254 g/mol. The maximum atomic E-state index is 6.30. The van der Waals surface area contributed by atoms with E-state index in [0.717, 1.165) is 16.5 Å². The Balaban J connectivity index is 2.11. The van der Waals surface area contributed by atoms with Crippen molar-refractivity contribution in [2.45, 2.75) is 6.04 Å². The number of nitrogens with zero attached hydrogens (tertiary/aromatic N) is 1. The number of nitrogens with two attached hydrogens (primary N) is 1. The second-order valence-electron chi connectivity index (χ2n) is 4.26. The zero-order valence-electron chi connectivity index (χ0n) is 10.5. The fourth-order valence-electron chi connectivity index (χ4n) is 2.20. The van der Waals surface area contributed by atoms with Crippen LogP contribution in [0.15, 0.2) is 53.3 Å². The van der Waals surface area contributed by atoms with E-state index in [1.807, 2.05) is 36.4 Å². The van der Waals surface area contributed by atoms with E-state index in [1.165, 1.54) is 0 Å². The molecule has 0 amide bonds. The molecule has 4 heteroatoms. The number of hydrogen-bond acceptors (Lipinski definition) is 4. The standard InChI is InChI=1S/C15H14N2O2/c1-18-13-7-4-8-17-15(13)14(16)11-9-19-12-6-3-2-5-10(11)12/h2-9,14H,16H2,1H3. The molecule has 0 radical (unpaired) electrons. The third-order valence-corrected chi connectivity index (χ3v) is 3.16. The highest BCUT2D eigenvalue weighted by Gasteiger charge is 2.19. The lowest BCUT2D eigenvalue weighted by molar-refractivity contribution is 0.404. The van der Waals surface area contributed by atoms with Crippen LogP contribution in [0.1, 0.15) is 17.3 Å². The summed E-state index contributed by atoms with van der Waals surface area (Å²) in [5.74, 6) is 0.681. The zero-order chi connectivity index (χ0) is 13.2. The van der Waals surface area contributed by atoms with E-state index in [4.69, 9.17) is 14.9 Å². The van der Waals surface area contributed by atoms with Crippen LogP contribution in [0.2, 0.25) is 0 Å². The summed E-state index contributed by atoms with van der Waals surface area (Å²) in [5.41, 5.74) is 8.74. The third-order valence-electron chi connectivity index (χ3n) is 3.16. The van der Waals surface area contributed by atoms with Gasteiger partial charge in [-0.2, -0.15) is 0 Å². The molecule has 0 spiro atoms. The second-order valence-corrected chi connectivity index (χ2v) is 4.26. The van der Waals surface area contributed by atoms with Crippen LogP contribution in [-0.4, -0.2) is 12.1 Å². The monoisotopic (exact) mass is 254 g/mol. The summed E-state index contributed by atoms with van der Waals surface area (Å²) in [6.45, 7) is 0. The van der Waals surface area contributed by atoms with Crippen molar-refractivity contribution in [2.24, 2.45) is 5.73 Å². The van der Waals surface area contributed by atoms with Gasteiger partial charge in [0.15, 0.2) is 0 Å². The van der Waals surface area contributed by atoms with Gasteiger partial charge in [0, 0.05) is 17.1 Å². The Bertz CT molecular complexity index is 706. The molecular formula is C15H14N2O2. The van der Waals surface area contributed by atoms with Gasteiger partial charge in [-0.3, -0.25) is 4.98 Å². The Morgan fingerprint density at radius 3 is 2.89 bits per heavy atom. The van der Waals surface area contributed by atoms with Gasteiger partial charge in [-0.25, -0.2) is 0 Å². The Morgan fingerprint density at radius 1 is 1.21 bits per heavy atom. The van der Waals surface area contributed by atoms with Gasteiger partial charge < -0.3 is 14.9 Å². The molecule has 0 fully saturated rings. The highest BCUT2D eigenvalue weighted by Crippen LogP contribution is 2.31. The predicted octanol–water partition coefficient (Wildman–Crippen LogP) is 2.88. The van der Waals surface area contributed by atoms with Crippen LogP contribution >= 0.6 is 0 Å². The number of pyridine rings is 1. The van der Waals surface area contributed by atoms with Crippen LogP contribution in [0.4, 0.5) is 0 Å². The molecule has 0 aliphatic carbocycles. The van der Waals surface area contributed by atoms with Crippen LogP contribution in [0.5, 0.6) is 5.75 Å². The van der Waals surface area contributed by atoms with E-state index in [-0.39, 0.29) is 6.04 Å². The fourth-order valence-corrected chi connectivity index (χ4v) is 2.20. The van der Waals surface area contributed by atoms with Crippen molar-refractivity contribution in [2.75, 3.05) is 7.11 Å². The molecule has 3 aromatic rings. The predicted molar refractivity (Wildman–Crippen MR) is 73.0 cm³/mol. The zero-order valence-corrected chi connectivity index (χ0v) is 10.5. The Hall–Kier alpha value is -2.33. The summed E-state index contributed by atoms with van der Waals surface area (Å²) in [4.78, 5) is 4.32. The highest BCUT2D eigenvalue weighted by molar-refractivity contribution is 5.81. The Labute approximate surface area is 110 Å². The first kappa shape index (κ1) is 11.7. The van der Waals surface area contributed by atoms with E-state index >= 15 is 0 Å². The van der Waals surface area contributed by atoms with E-state index in [9.17, 15) is 0 Å². The molecule has 3 rings (SSSR count). The molecule has 1 aromatic carbocycles. The quantitative estimate of drug-likeness (QED) is 0.780. The summed E-state index contributed by atoms with van der Waals surface area (Å²) in [6.07, 6.45) is 3.39. The minimum absolute atomic E-state index is 0.375. The molecule has 2 heterocycles. The van der Waals surface area contributed by atoms with Gasteiger partial charge in [0.1, 0.15) is 17.0 Å². The van der Waals surface area contributed by atoms with Crippen molar-refractivity contribution in [3.05, 3.63) is 60.1 Å². The Morgan fingerprint density at radius 2 is 2.05 bits per heavy atom. The van der Waals surface area contributed by atoms with Gasteiger partial charge in [-0.1, -0.05) is 18.2 Å². The molecule has 96 valence electrons. The molecule has 4 nitrogen and oxygen atoms in total. The van der Waals surface area contributed by atoms with Crippen molar-refractivity contribution in [1.29, 1.82) is 0 Å². The highest BCUT2D eigenvalue weighted by atomic mass is 16.5. The minimum Gasteiger partial charge on any atom is -0.495 e. The third kappa shape index (κ3) is 1.96. The number of rotatable bonds is 3. The smallest absolute Gasteiger partial charge is 0.142 e. The maximum Gasteiger partial charge on any atom is 0.142 e. The molecule has 2 N–H and O–H groups in total. The summed E-state index contributed by atoms with van der Waals surface area (Å²) >= 11 is 0. The molecule has 0 saturated heterocycles. The summed E-state index contributed by atoms with van der Waals surface area (Å²) in [7, 11) is 1.61. The number of methoxy groups -OCH3 is 1. The van der Waals surface area contributed by atoms with E-state index in [1.54, 1.807) is 19.6 Å². The van der Waals surface area contributed by atoms with E-state index in [0.29, 0.717) is 11.4 Å². The molecule has 0 saturated carbocycles. The van der Waals surface area contributed by atoms with Gasteiger partial charge >= 0.3 is 0 Å². The number of fused-ring (bicyclic) bond motifs is 1. The minimum atomic E-state index is -0.375. The molecular weight excluding hydrogens is 240 g/mol. The van der Waals surface area contributed by atoms with Gasteiger partial charge in [0.25, 0.3) is 0 Å². The lowest BCUT2D eigenvalue weighted by Crippen LogP contribution is -2.14. The van der Waals surface area contributed by atoms with Crippen molar-refractivity contribution < 1.29 is 9.15 Å². The van der Waals surface area contributed by atoms with Gasteiger partial charge in [-0.05, 0) is 18.2 Å². The lowest BCUT2D eigenvalue weighted by Gasteiger charge is -2.13. The van der Waals surface area contributed by atoms with Gasteiger partial charge in [0.2, 0.25) is 0 Å². The van der Waals surface area contributed by atoms with Crippen LogP contribution in [0.25, 0.3) is 11.0 Å². The number of para-hydroxylation sites is 1. The lowest BCUT2D eigenvalue weighted by atomic mass is 10.0. The summed E-state index contributed by atoms with van der Waals surface area (Å²) < 4.78 is 10.8. The Kier molecular flexibility index (Phi) is 2.93. The topological polar surface area (TPSA) is 61.3 Å². The molecule has 2 aromatic heterocycles. The average Bonchev–Trinajstić information content (AvgIpc) is 2.90. The van der Waals surface area contributed by atoms with Crippen LogP contribution in [0.3, 0.4) is 0 Å².